The number of nitriles is 1. The van der Waals surface area contributed by atoms with Gasteiger partial charge >= 0.3 is 0 Å². The Bertz CT molecular complexity index is 1300. The van der Waals surface area contributed by atoms with Crippen molar-refractivity contribution in [3.63, 3.8) is 0 Å². The summed E-state index contributed by atoms with van der Waals surface area (Å²) in [6, 6.07) is 29.3. The molecule has 0 saturated heterocycles. The minimum atomic E-state index is -0.262. The first-order valence-corrected chi connectivity index (χ1v) is 10.8. The van der Waals surface area contributed by atoms with Gasteiger partial charge in [0.25, 0.3) is 5.91 Å². The van der Waals surface area contributed by atoms with Crippen LogP contribution in [0.15, 0.2) is 84.9 Å². The highest BCUT2D eigenvalue weighted by molar-refractivity contribution is 6.03. The average molecular weight is 436 g/mol. The summed E-state index contributed by atoms with van der Waals surface area (Å²) in [4.78, 5) is 13.2. The number of nitrogens with zero attached hydrogens (tertiary/aromatic N) is 3. The van der Waals surface area contributed by atoms with Gasteiger partial charge in [-0.2, -0.15) is 10.4 Å². The number of nitrogens with two attached hydrogens (primary N) is 1. The van der Waals surface area contributed by atoms with Gasteiger partial charge < -0.3 is 11.1 Å². The van der Waals surface area contributed by atoms with Gasteiger partial charge in [-0.25, -0.2) is 4.68 Å². The van der Waals surface area contributed by atoms with E-state index >= 15 is 0 Å². The SMILES string of the molecule is Cc1cc(C(=O)Nc2cccc(C(CC#N)c3ccccc3)c2)n(-c2cccc(CN)c2)n1. The van der Waals surface area contributed by atoms with Crippen LogP contribution in [0, 0.1) is 18.3 Å². The van der Waals surface area contributed by atoms with Gasteiger partial charge in [0.15, 0.2) is 0 Å². The van der Waals surface area contributed by atoms with E-state index in [2.05, 4.69) is 16.5 Å². The number of aromatic nitrogens is 2. The molecule has 0 aliphatic rings. The standard InChI is InChI=1S/C27H25N5O/c1-19-15-26(32(31-19)24-12-5-7-20(16-24)18-29)27(33)30-23-11-6-10-22(17-23)25(13-14-28)21-8-3-2-4-9-21/h2-12,15-17,25H,13,18,29H2,1H3,(H,30,33). The predicted molar refractivity (Wildman–Crippen MR) is 129 cm³/mol. The normalized spacial score (nSPS) is 11.5. The summed E-state index contributed by atoms with van der Waals surface area (Å²) < 4.78 is 1.64. The van der Waals surface area contributed by atoms with E-state index in [4.69, 9.17) is 5.73 Å². The Labute approximate surface area is 193 Å². The topological polar surface area (TPSA) is 96.7 Å². The minimum Gasteiger partial charge on any atom is -0.326 e. The van der Waals surface area contributed by atoms with Gasteiger partial charge in [-0.3, -0.25) is 4.79 Å². The number of rotatable bonds is 7. The quantitative estimate of drug-likeness (QED) is 0.430. The molecule has 3 N–H and O–H groups in total. The monoisotopic (exact) mass is 435 g/mol. The summed E-state index contributed by atoms with van der Waals surface area (Å²) in [5.74, 6) is -0.331. The van der Waals surface area contributed by atoms with Crippen molar-refractivity contribution in [2.45, 2.75) is 25.8 Å². The molecule has 0 aliphatic heterocycles. The molecule has 0 spiro atoms. The van der Waals surface area contributed by atoms with Crippen LogP contribution in [0.25, 0.3) is 5.69 Å². The van der Waals surface area contributed by atoms with Crippen LogP contribution in [0.4, 0.5) is 5.69 Å². The maximum Gasteiger partial charge on any atom is 0.274 e. The van der Waals surface area contributed by atoms with Crippen molar-refractivity contribution >= 4 is 11.6 Å². The largest absolute Gasteiger partial charge is 0.326 e. The van der Waals surface area contributed by atoms with E-state index in [9.17, 15) is 10.1 Å². The zero-order chi connectivity index (χ0) is 23.2. The zero-order valence-corrected chi connectivity index (χ0v) is 18.4. The fourth-order valence-corrected chi connectivity index (χ4v) is 3.91. The summed E-state index contributed by atoms with van der Waals surface area (Å²) in [5, 5.41) is 16.9. The summed E-state index contributed by atoms with van der Waals surface area (Å²) in [6.07, 6.45) is 0.352. The minimum absolute atomic E-state index is 0.0696. The molecular formula is C27H25N5O. The Morgan fingerprint density at radius 3 is 2.55 bits per heavy atom. The van der Waals surface area contributed by atoms with Gasteiger partial charge in [0, 0.05) is 24.6 Å². The van der Waals surface area contributed by atoms with Crippen LogP contribution in [0.5, 0.6) is 0 Å². The Kier molecular flexibility index (Phi) is 6.63. The molecular weight excluding hydrogens is 410 g/mol. The summed E-state index contributed by atoms with van der Waals surface area (Å²) in [6.45, 7) is 2.26. The average Bonchev–Trinajstić information content (AvgIpc) is 3.25. The van der Waals surface area contributed by atoms with Gasteiger partial charge in [-0.15, -0.1) is 0 Å². The first-order chi connectivity index (χ1) is 16.1. The highest BCUT2D eigenvalue weighted by Gasteiger charge is 2.18. The summed E-state index contributed by atoms with van der Waals surface area (Å²) >= 11 is 0. The first kappa shape index (κ1) is 22.0. The molecule has 3 aromatic carbocycles. The lowest BCUT2D eigenvalue weighted by molar-refractivity contribution is 0.101. The van der Waals surface area contributed by atoms with Crippen LogP contribution in [0.3, 0.4) is 0 Å². The molecule has 164 valence electrons. The van der Waals surface area contributed by atoms with Crippen LogP contribution >= 0.6 is 0 Å². The fraction of sp³-hybridized carbons (Fsp3) is 0.148. The molecule has 0 saturated carbocycles. The number of amides is 1. The molecule has 1 atom stereocenters. The lowest BCUT2D eigenvalue weighted by Crippen LogP contribution is -2.17. The Morgan fingerprint density at radius 2 is 1.79 bits per heavy atom. The van der Waals surface area contributed by atoms with Crippen molar-refractivity contribution < 1.29 is 4.79 Å². The third kappa shape index (κ3) is 5.00. The van der Waals surface area contributed by atoms with Crippen molar-refractivity contribution in [1.82, 2.24) is 9.78 Å². The maximum atomic E-state index is 13.2. The second kappa shape index (κ2) is 9.94. The summed E-state index contributed by atoms with van der Waals surface area (Å²) in [7, 11) is 0. The number of benzene rings is 3. The first-order valence-electron chi connectivity index (χ1n) is 10.8. The van der Waals surface area contributed by atoms with Gasteiger partial charge in [-0.1, -0.05) is 54.6 Å². The number of nitrogens with one attached hydrogen (secondary N) is 1. The number of hydrogen-bond acceptors (Lipinski definition) is 4. The third-order valence-electron chi connectivity index (χ3n) is 5.50. The van der Waals surface area contributed by atoms with E-state index in [1.165, 1.54) is 0 Å². The van der Waals surface area contributed by atoms with Crippen molar-refractivity contribution in [1.29, 1.82) is 5.26 Å². The van der Waals surface area contributed by atoms with Crippen LogP contribution < -0.4 is 11.1 Å². The molecule has 4 aromatic rings. The Balaban J connectivity index is 1.62. The van der Waals surface area contributed by atoms with Crippen molar-refractivity contribution in [2.24, 2.45) is 5.73 Å². The van der Waals surface area contributed by atoms with Crippen molar-refractivity contribution in [3.8, 4) is 11.8 Å². The molecule has 4 rings (SSSR count). The number of anilines is 1. The molecule has 0 fully saturated rings. The molecule has 1 amide bonds. The van der Waals surface area contributed by atoms with Crippen LogP contribution in [0.1, 0.15) is 45.2 Å². The second-order valence-electron chi connectivity index (χ2n) is 7.86. The van der Waals surface area contributed by atoms with Crippen molar-refractivity contribution in [3.05, 3.63) is 113 Å². The fourth-order valence-electron chi connectivity index (χ4n) is 3.91. The van der Waals surface area contributed by atoms with Gasteiger partial charge in [0.05, 0.1) is 17.5 Å². The van der Waals surface area contributed by atoms with Crippen LogP contribution in [-0.2, 0) is 6.54 Å². The number of aryl methyl sites for hydroxylation is 1. The molecule has 33 heavy (non-hydrogen) atoms. The van der Waals surface area contributed by atoms with E-state index in [0.717, 1.165) is 28.1 Å². The zero-order valence-electron chi connectivity index (χ0n) is 18.4. The Hall–Kier alpha value is -4.21. The lowest BCUT2D eigenvalue weighted by Gasteiger charge is -2.16. The van der Waals surface area contributed by atoms with Gasteiger partial charge in [-0.05, 0) is 53.9 Å². The molecule has 1 aromatic heterocycles. The molecule has 0 bridgehead atoms. The van der Waals surface area contributed by atoms with E-state index in [1.807, 2.05) is 85.8 Å². The highest BCUT2D eigenvalue weighted by Crippen LogP contribution is 2.29. The smallest absolute Gasteiger partial charge is 0.274 e. The van der Waals surface area contributed by atoms with Gasteiger partial charge in [0.2, 0.25) is 0 Å². The second-order valence-corrected chi connectivity index (χ2v) is 7.86. The van der Waals surface area contributed by atoms with E-state index in [-0.39, 0.29) is 11.8 Å². The van der Waals surface area contributed by atoms with E-state index < -0.39 is 0 Å². The van der Waals surface area contributed by atoms with Gasteiger partial charge in [0.1, 0.15) is 5.69 Å². The van der Waals surface area contributed by atoms with E-state index in [1.54, 1.807) is 10.7 Å². The van der Waals surface area contributed by atoms with Crippen LogP contribution in [0.2, 0.25) is 0 Å². The molecule has 1 heterocycles. The lowest BCUT2D eigenvalue weighted by atomic mass is 9.89. The molecule has 6 heteroatoms. The maximum absolute atomic E-state index is 13.2. The molecule has 6 nitrogen and oxygen atoms in total. The number of carbonyl (C=O) groups excluding carboxylic acids is 1. The predicted octanol–water partition coefficient (Wildman–Crippen LogP) is 4.94. The molecule has 0 radical (unpaired) electrons. The van der Waals surface area contributed by atoms with Crippen LogP contribution in [-0.4, -0.2) is 15.7 Å². The number of carbonyl (C=O) groups is 1. The molecule has 0 aliphatic carbocycles. The van der Waals surface area contributed by atoms with Crippen molar-refractivity contribution in [2.75, 3.05) is 5.32 Å². The third-order valence-corrected chi connectivity index (χ3v) is 5.50. The highest BCUT2D eigenvalue weighted by atomic mass is 16.2. The van der Waals surface area contributed by atoms with E-state index in [0.29, 0.717) is 24.3 Å². The summed E-state index contributed by atoms with van der Waals surface area (Å²) in [5.41, 5.74) is 11.4. The molecule has 1 unspecified atom stereocenters. The Morgan fingerprint density at radius 1 is 1.03 bits per heavy atom. The number of hydrogen-bond donors (Lipinski definition) is 2.